The monoisotopic (exact) mass is 404 g/mol. The summed E-state index contributed by atoms with van der Waals surface area (Å²) in [5.41, 5.74) is 2.45. The number of benzene rings is 2. The quantitative estimate of drug-likeness (QED) is 0.594. The Hall–Kier alpha value is -1.23. The van der Waals surface area contributed by atoms with Gasteiger partial charge in [-0.2, -0.15) is 0 Å². The second-order valence-electron chi connectivity index (χ2n) is 6.03. The van der Waals surface area contributed by atoms with E-state index < -0.39 is 13.9 Å². The lowest BCUT2D eigenvalue weighted by molar-refractivity contribution is 0.300. The van der Waals surface area contributed by atoms with Crippen LogP contribution in [-0.4, -0.2) is 21.2 Å². The van der Waals surface area contributed by atoms with Crippen molar-refractivity contribution in [1.82, 2.24) is 0 Å². The van der Waals surface area contributed by atoms with Gasteiger partial charge in [-0.15, -0.1) is 0 Å². The lowest BCUT2D eigenvalue weighted by Crippen LogP contribution is -2.00. The maximum absolute atomic E-state index is 10.9. The molecule has 0 aliphatic heterocycles. The number of phenols is 1. The topological polar surface area (TPSA) is 87.0 Å². The average Bonchev–Trinajstić information content (AvgIpc) is 2.49. The maximum Gasteiger partial charge on any atom is 0.362 e. The number of halogens is 2. The molecule has 0 atom stereocenters. The van der Waals surface area contributed by atoms with Crippen LogP contribution in [-0.2, 0) is 11.0 Å². The van der Waals surface area contributed by atoms with Crippen molar-refractivity contribution in [2.45, 2.75) is 26.2 Å². The van der Waals surface area contributed by atoms with Crippen molar-refractivity contribution in [2.75, 3.05) is 6.35 Å². The van der Waals surface area contributed by atoms with Gasteiger partial charge in [0.15, 0.2) is 6.35 Å². The van der Waals surface area contributed by atoms with Crippen molar-refractivity contribution in [2.24, 2.45) is 0 Å². The van der Waals surface area contributed by atoms with E-state index in [1.54, 1.807) is 12.1 Å². The van der Waals surface area contributed by atoms with E-state index in [9.17, 15) is 9.67 Å². The predicted octanol–water partition coefficient (Wildman–Crippen LogP) is 4.93. The SMILES string of the molecule is CC(C)c1cc(Cc2c(Cl)cc(OCP(=O)(O)O)cc2Cl)ccc1O. The number of ether oxygens (including phenoxy) is 1. The fourth-order valence-corrected chi connectivity index (χ4v) is 3.29. The molecule has 0 heterocycles. The Bertz CT molecular complexity index is 794. The Balaban J connectivity index is 2.26. The van der Waals surface area contributed by atoms with E-state index in [2.05, 4.69) is 0 Å². The third-order valence-electron chi connectivity index (χ3n) is 3.61. The fraction of sp³-hybridized carbons (Fsp3) is 0.294. The normalized spacial score (nSPS) is 11.8. The molecule has 136 valence electrons. The van der Waals surface area contributed by atoms with Crippen LogP contribution >= 0.6 is 30.8 Å². The Morgan fingerprint density at radius 3 is 2.24 bits per heavy atom. The van der Waals surface area contributed by atoms with Crippen molar-refractivity contribution in [3.05, 3.63) is 57.1 Å². The Morgan fingerprint density at radius 1 is 1.12 bits per heavy atom. The number of aromatic hydroxyl groups is 1. The van der Waals surface area contributed by atoms with Crippen molar-refractivity contribution in [3.63, 3.8) is 0 Å². The zero-order chi connectivity index (χ0) is 18.8. The van der Waals surface area contributed by atoms with Gasteiger partial charge in [-0.3, -0.25) is 4.57 Å². The minimum absolute atomic E-state index is 0.175. The maximum atomic E-state index is 10.9. The summed E-state index contributed by atoms with van der Waals surface area (Å²) in [5.74, 6) is 0.613. The van der Waals surface area contributed by atoms with Gasteiger partial charge in [-0.25, -0.2) is 0 Å². The van der Waals surface area contributed by atoms with Crippen LogP contribution in [0.1, 0.15) is 36.5 Å². The molecule has 0 spiro atoms. The zero-order valence-electron chi connectivity index (χ0n) is 13.7. The van der Waals surface area contributed by atoms with E-state index in [1.807, 2.05) is 19.9 Å². The molecule has 3 N–H and O–H groups in total. The molecule has 0 aliphatic carbocycles. The van der Waals surface area contributed by atoms with E-state index in [-0.39, 0.29) is 17.4 Å². The first-order valence-corrected chi connectivity index (χ1v) is 10.1. The van der Waals surface area contributed by atoms with Crippen molar-refractivity contribution in [1.29, 1.82) is 0 Å². The first-order valence-electron chi connectivity index (χ1n) is 7.54. The highest BCUT2D eigenvalue weighted by atomic mass is 35.5. The Labute approximate surface area is 156 Å². The Morgan fingerprint density at radius 2 is 1.72 bits per heavy atom. The lowest BCUT2D eigenvalue weighted by atomic mass is 9.96. The summed E-state index contributed by atoms with van der Waals surface area (Å²) in [6.45, 7) is 3.98. The number of rotatable bonds is 6. The minimum atomic E-state index is -4.28. The van der Waals surface area contributed by atoms with E-state index in [1.165, 1.54) is 12.1 Å². The molecule has 5 nitrogen and oxygen atoms in total. The number of hydrogen-bond donors (Lipinski definition) is 3. The fourth-order valence-electron chi connectivity index (χ4n) is 2.37. The van der Waals surface area contributed by atoms with Gasteiger partial charge in [0.2, 0.25) is 0 Å². The van der Waals surface area contributed by atoms with Crippen LogP contribution in [0.3, 0.4) is 0 Å². The molecule has 8 heteroatoms. The number of hydrogen-bond acceptors (Lipinski definition) is 3. The second kappa shape index (κ2) is 7.98. The highest BCUT2D eigenvalue weighted by Gasteiger charge is 2.16. The molecule has 2 rings (SSSR count). The predicted molar refractivity (Wildman–Crippen MR) is 99.0 cm³/mol. The lowest BCUT2D eigenvalue weighted by Gasteiger charge is -2.14. The highest BCUT2D eigenvalue weighted by Crippen LogP contribution is 2.37. The van der Waals surface area contributed by atoms with E-state index in [0.717, 1.165) is 11.1 Å². The average molecular weight is 405 g/mol. The van der Waals surface area contributed by atoms with E-state index in [4.69, 9.17) is 37.7 Å². The van der Waals surface area contributed by atoms with Crippen molar-refractivity contribution >= 4 is 30.8 Å². The molecule has 2 aromatic rings. The van der Waals surface area contributed by atoms with Gasteiger partial charge in [0.25, 0.3) is 0 Å². The third kappa shape index (κ3) is 5.63. The third-order valence-corrected chi connectivity index (χ3v) is 4.75. The molecule has 0 aromatic heterocycles. The van der Waals surface area contributed by atoms with Crippen LogP contribution < -0.4 is 4.74 Å². The molecule has 0 saturated carbocycles. The molecular weight excluding hydrogens is 386 g/mol. The standard InChI is InChI=1S/C17H19Cl2O5P/c1-10(2)13-5-11(3-4-17(13)20)6-14-15(18)7-12(8-16(14)19)24-9-25(21,22)23/h3-5,7-8,10,20H,6,9H2,1-2H3,(H2,21,22,23). The van der Waals surface area contributed by atoms with Crippen molar-refractivity contribution in [3.8, 4) is 11.5 Å². The summed E-state index contributed by atoms with van der Waals surface area (Å²) in [6, 6.07) is 8.30. The second-order valence-corrected chi connectivity index (χ2v) is 8.43. The summed E-state index contributed by atoms with van der Waals surface area (Å²) in [4.78, 5) is 17.7. The first-order chi connectivity index (χ1) is 11.6. The molecule has 0 unspecified atom stereocenters. The Kier molecular flexibility index (Phi) is 6.41. The van der Waals surface area contributed by atoms with Gasteiger partial charge in [0.05, 0.1) is 0 Å². The van der Waals surface area contributed by atoms with E-state index >= 15 is 0 Å². The summed E-state index contributed by atoms with van der Waals surface area (Å²) >= 11 is 12.5. The van der Waals surface area contributed by atoms with Crippen LogP contribution in [0.2, 0.25) is 10.0 Å². The van der Waals surface area contributed by atoms with Gasteiger partial charge < -0.3 is 19.6 Å². The van der Waals surface area contributed by atoms with Crippen LogP contribution in [0.15, 0.2) is 30.3 Å². The van der Waals surface area contributed by atoms with Crippen LogP contribution in [0.4, 0.5) is 0 Å². The van der Waals surface area contributed by atoms with Gasteiger partial charge >= 0.3 is 7.60 Å². The number of phenolic OH excluding ortho intramolecular Hbond substituents is 1. The van der Waals surface area contributed by atoms with Gasteiger partial charge in [0, 0.05) is 16.5 Å². The van der Waals surface area contributed by atoms with Crippen LogP contribution in [0.25, 0.3) is 0 Å². The molecule has 0 amide bonds. The highest BCUT2D eigenvalue weighted by molar-refractivity contribution is 7.51. The molecular formula is C17H19Cl2O5P. The van der Waals surface area contributed by atoms with Crippen LogP contribution in [0, 0.1) is 0 Å². The van der Waals surface area contributed by atoms with Gasteiger partial charge in [-0.1, -0.05) is 49.2 Å². The van der Waals surface area contributed by atoms with Crippen molar-refractivity contribution < 1.29 is 24.2 Å². The molecule has 0 fully saturated rings. The first kappa shape index (κ1) is 20.1. The zero-order valence-corrected chi connectivity index (χ0v) is 16.1. The van der Waals surface area contributed by atoms with Gasteiger partial charge in [-0.05, 0) is 40.8 Å². The molecule has 25 heavy (non-hydrogen) atoms. The summed E-state index contributed by atoms with van der Waals surface area (Å²) in [6.07, 6.45) is -0.287. The minimum Gasteiger partial charge on any atom is -0.508 e. The molecule has 2 aromatic carbocycles. The molecule has 0 aliphatic rings. The summed E-state index contributed by atoms with van der Waals surface area (Å²) in [7, 11) is -4.28. The molecule has 0 saturated heterocycles. The largest absolute Gasteiger partial charge is 0.508 e. The van der Waals surface area contributed by atoms with Crippen LogP contribution in [0.5, 0.6) is 11.5 Å². The summed E-state index contributed by atoms with van der Waals surface area (Å²) < 4.78 is 15.9. The summed E-state index contributed by atoms with van der Waals surface area (Å²) in [5, 5.41) is 10.6. The smallest absolute Gasteiger partial charge is 0.362 e. The molecule has 0 bridgehead atoms. The van der Waals surface area contributed by atoms with E-state index in [0.29, 0.717) is 22.0 Å². The van der Waals surface area contributed by atoms with Gasteiger partial charge in [0.1, 0.15) is 11.5 Å². The molecule has 0 radical (unpaired) electrons.